The van der Waals surface area contributed by atoms with Crippen molar-refractivity contribution in [3.63, 3.8) is 0 Å². The second-order valence-electron chi connectivity index (χ2n) is 3.23. The van der Waals surface area contributed by atoms with Gasteiger partial charge in [0, 0.05) is 24.9 Å². The molecule has 0 aromatic heterocycles. The number of hydrogen-bond acceptors (Lipinski definition) is 2. The van der Waals surface area contributed by atoms with E-state index in [4.69, 9.17) is 0 Å². The number of aromatic hydroxyl groups is 1. The minimum absolute atomic E-state index is 0.379. The molecule has 0 unspecified atom stereocenters. The van der Waals surface area contributed by atoms with Crippen LogP contribution in [0.15, 0.2) is 24.4 Å². The lowest BCUT2D eigenvalue weighted by Crippen LogP contribution is -2.19. The van der Waals surface area contributed by atoms with E-state index in [1.165, 1.54) is 5.56 Å². The molecule has 0 spiro atoms. The first-order valence-electron chi connectivity index (χ1n) is 4.54. The van der Waals surface area contributed by atoms with Gasteiger partial charge in [0.05, 0.1) is 0 Å². The predicted molar refractivity (Wildman–Crippen MR) is 53.2 cm³/mol. The van der Waals surface area contributed by atoms with Gasteiger partial charge in [-0.2, -0.15) is 0 Å². The highest BCUT2D eigenvalue weighted by atomic mass is 16.3. The molecule has 1 N–H and O–H groups in total. The second kappa shape index (κ2) is 3.13. The first-order valence-corrected chi connectivity index (χ1v) is 4.54. The predicted octanol–water partition coefficient (Wildman–Crippen LogP) is 2.20. The van der Waals surface area contributed by atoms with Crippen molar-refractivity contribution in [2.45, 2.75) is 13.5 Å². The number of rotatable bonds is 1. The van der Waals surface area contributed by atoms with Crippen LogP contribution in [-0.4, -0.2) is 16.6 Å². The van der Waals surface area contributed by atoms with Gasteiger partial charge in [-0.05, 0) is 24.6 Å². The van der Waals surface area contributed by atoms with Crippen molar-refractivity contribution in [2.24, 2.45) is 0 Å². The van der Waals surface area contributed by atoms with Crippen LogP contribution >= 0.6 is 0 Å². The molecule has 0 saturated heterocycles. The lowest BCUT2D eigenvalue weighted by atomic mass is 10.0. The Morgan fingerprint density at radius 1 is 1.46 bits per heavy atom. The van der Waals surface area contributed by atoms with E-state index >= 15 is 0 Å². The molecule has 2 heteroatoms. The van der Waals surface area contributed by atoms with Crippen LogP contribution in [0, 0.1) is 0 Å². The van der Waals surface area contributed by atoms with Crippen molar-refractivity contribution in [3.05, 3.63) is 35.5 Å². The Morgan fingerprint density at radius 2 is 2.31 bits per heavy atom. The lowest BCUT2D eigenvalue weighted by Gasteiger charge is -2.23. The summed E-state index contributed by atoms with van der Waals surface area (Å²) in [5.74, 6) is 0.379. The number of phenols is 1. The third-order valence-corrected chi connectivity index (χ3v) is 2.41. The molecule has 1 aromatic carbocycles. The standard InChI is InChI=1S/C11H13NO/c1-2-12-7-6-10-9(8-12)4-3-5-11(10)13/h3-7,13H,2,8H2,1H3. The maximum atomic E-state index is 9.55. The molecular formula is C11H13NO. The fraction of sp³-hybridized carbons (Fsp3) is 0.273. The largest absolute Gasteiger partial charge is 0.507 e. The molecule has 1 aliphatic heterocycles. The van der Waals surface area contributed by atoms with Crippen LogP contribution in [0.4, 0.5) is 0 Å². The molecule has 0 atom stereocenters. The molecule has 1 aliphatic rings. The minimum Gasteiger partial charge on any atom is -0.507 e. The summed E-state index contributed by atoms with van der Waals surface area (Å²) in [4.78, 5) is 2.21. The first kappa shape index (κ1) is 8.17. The summed E-state index contributed by atoms with van der Waals surface area (Å²) in [6.07, 6.45) is 4.00. The van der Waals surface area contributed by atoms with Crippen molar-refractivity contribution in [2.75, 3.05) is 6.54 Å². The zero-order valence-electron chi connectivity index (χ0n) is 7.70. The van der Waals surface area contributed by atoms with E-state index in [2.05, 4.69) is 17.9 Å². The molecular weight excluding hydrogens is 162 g/mol. The van der Waals surface area contributed by atoms with Crippen LogP contribution in [0.25, 0.3) is 6.08 Å². The van der Waals surface area contributed by atoms with Crippen molar-refractivity contribution in [3.8, 4) is 5.75 Å². The third kappa shape index (κ3) is 1.39. The van der Waals surface area contributed by atoms with E-state index in [0.717, 1.165) is 18.7 Å². The second-order valence-corrected chi connectivity index (χ2v) is 3.23. The molecule has 2 nitrogen and oxygen atoms in total. The summed E-state index contributed by atoms with van der Waals surface area (Å²) >= 11 is 0. The highest BCUT2D eigenvalue weighted by molar-refractivity contribution is 5.62. The molecule has 1 heterocycles. The average molecular weight is 175 g/mol. The van der Waals surface area contributed by atoms with E-state index < -0.39 is 0 Å². The Kier molecular flexibility index (Phi) is 1.97. The minimum atomic E-state index is 0.379. The highest BCUT2D eigenvalue weighted by Gasteiger charge is 2.11. The molecule has 0 aliphatic carbocycles. The molecule has 0 amide bonds. The van der Waals surface area contributed by atoms with Crippen LogP contribution in [0.5, 0.6) is 5.75 Å². The number of hydrogen-bond donors (Lipinski definition) is 1. The average Bonchev–Trinajstić information content (AvgIpc) is 2.18. The normalized spacial score (nSPS) is 14.4. The quantitative estimate of drug-likeness (QED) is 0.707. The Morgan fingerprint density at radius 3 is 3.08 bits per heavy atom. The molecule has 1 aromatic rings. The van der Waals surface area contributed by atoms with Crippen molar-refractivity contribution >= 4 is 6.08 Å². The van der Waals surface area contributed by atoms with Gasteiger partial charge in [0.25, 0.3) is 0 Å². The summed E-state index contributed by atoms with van der Waals surface area (Å²) in [6.45, 7) is 4.03. The summed E-state index contributed by atoms with van der Waals surface area (Å²) in [7, 11) is 0. The smallest absolute Gasteiger partial charge is 0.123 e. The number of nitrogens with zero attached hydrogens (tertiary/aromatic N) is 1. The van der Waals surface area contributed by atoms with Gasteiger partial charge < -0.3 is 10.0 Å². The van der Waals surface area contributed by atoms with Crippen molar-refractivity contribution in [1.82, 2.24) is 4.90 Å². The van der Waals surface area contributed by atoms with Gasteiger partial charge in [0.2, 0.25) is 0 Å². The fourth-order valence-corrected chi connectivity index (χ4v) is 1.60. The van der Waals surface area contributed by atoms with E-state index in [1.54, 1.807) is 6.07 Å². The molecule has 68 valence electrons. The fourth-order valence-electron chi connectivity index (χ4n) is 1.60. The van der Waals surface area contributed by atoms with Gasteiger partial charge in [-0.25, -0.2) is 0 Å². The number of fused-ring (bicyclic) bond motifs is 1. The van der Waals surface area contributed by atoms with Crippen LogP contribution < -0.4 is 0 Å². The Bertz CT molecular complexity index is 344. The SMILES string of the molecule is CCN1C=Cc2c(O)cccc2C1. The van der Waals surface area contributed by atoms with Crippen LogP contribution in [-0.2, 0) is 6.54 Å². The van der Waals surface area contributed by atoms with Crippen LogP contribution in [0.2, 0.25) is 0 Å². The van der Waals surface area contributed by atoms with E-state index in [0.29, 0.717) is 5.75 Å². The Balaban J connectivity index is 2.40. The Hall–Kier alpha value is -1.44. The third-order valence-electron chi connectivity index (χ3n) is 2.41. The topological polar surface area (TPSA) is 23.5 Å². The van der Waals surface area contributed by atoms with E-state index in [1.807, 2.05) is 18.3 Å². The van der Waals surface area contributed by atoms with Crippen LogP contribution in [0.1, 0.15) is 18.1 Å². The lowest BCUT2D eigenvalue weighted by molar-refractivity contribution is 0.384. The van der Waals surface area contributed by atoms with Gasteiger partial charge >= 0.3 is 0 Å². The maximum absolute atomic E-state index is 9.55. The van der Waals surface area contributed by atoms with Crippen molar-refractivity contribution < 1.29 is 5.11 Å². The summed E-state index contributed by atoms with van der Waals surface area (Å²) in [6, 6.07) is 5.67. The zero-order valence-corrected chi connectivity index (χ0v) is 7.70. The Labute approximate surface area is 78.1 Å². The molecule has 0 saturated carbocycles. The number of benzene rings is 1. The van der Waals surface area contributed by atoms with Gasteiger partial charge in [-0.1, -0.05) is 12.1 Å². The highest BCUT2D eigenvalue weighted by Crippen LogP contribution is 2.26. The number of phenolic OH excluding ortho intramolecular Hbond substituents is 1. The van der Waals surface area contributed by atoms with Gasteiger partial charge in [0.1, 0.15) is 5.75 Å². The van der Waals surface area contributed by atoms with E-state index in [-0.39, 0.29) is 0 Å². The van der Waals surface area contributed by atoms with Gasteiger partial charge in [-0.3, -0.25) is 0 Å². The molecule has 2 rings (SSSR count). The monoisotopic (exact) mass is 175 g/mol. The zero-order chi connectivity index (χ0) is 9.26. The summed E-state index contributed by atoms with van der Waals surface area (Å²) in [5, 5.41) is 9.55. The summed E-state index contributed by atoms with van der Waals surface area (Å²) in [5.41, 5.74) is 2.16. The first-order chi connectivity index (χ1) is 6.31. The molecule has 0 radical (unpaired) electrons. The molecule has 13 heavy (non-hydrogen) atoms. The van der Waals surface area contributed by atoms with E-state index in [9.17, 15) is 5.11 Å². The summed E-state index contributed by atoms with van der Waals surface area (Å²) < 4.78 is 0. The van der Waals surface area contributed by atoms with Crippen molar-refractivity contribution in [1.29, 1.82) is 0 Å². The van der Waals surface area contributed by atoms with Crippen LogP contribution in [0.3, 0.4) is 0 Å². The molecule has 0 bridgehead atoms. The van der Waals surface area contributed by atoms with Gasteiger partial charge in [-0.15, -0.1) is 0 Å². The van der Waals surface area contributed by atoms with Gasteiger partial charge in [0.15, 0.2) is 0 Å². The maximum Gasteiger partial charge on any atom is 0.123 e. The molecule has 0 fully saturated rings.